The van der Waals surface area contributed by atoms with Gasteiger partial charge in [0.25, 0.3) is 0 Å². The number of carbonyl (C=O) groups is 3. The van der Waals surface area contributed by atoms with Crippen molar-refractivity contribution in [3.8, 4) is 0 Å². The Hall–Kier alpha value is -2.57. The Labute approximate surface area is 142 Å². The van der Waals surface area contributed by atoms with Gasteiger partial charge in [-0.1, -0.05) is 30.3 Å². The highest BCUT2D eigenvalue weighted by Gasteiger charge is 2.22. The van der Waals surface area contributed by atoms with Crippen molar-refractivity contribution in [1.82, 2.24) is 15.5 Å². The summed E-state index contributed by atoms with van der Waals surface area (Å²) in [4.78, 5) is 37.1. The van der Waals surface area contributed by atoms with Crippen molar-refractivity contribution < 1.29 is 19.1 Å². The monoisotopic (exact) mass is 335 g/mol. The fraction of sp³-hybridized carbons (Fsp3) is 0.471. The first-order valence-corrected chi connectivity index (χ1v) is 7.83. The largest absolute Gasteiger partial charge is 0.466 e. The quantitative estimate of drug-likeness (QED) is 0.739. The molecular weight excluding hydrogens is 310 g/mol. The standard InChI is InChI=1S/C17H25N3O4/c1-5-24-15(21)11-14(13-9-7-6-8-10-13)19-17(23)18-12(2)16(22)20(3)4/h6-10,12,14H,5,11H2,1-4H3,(H2,18,19,23). The Bertz CT molecular complexity index is 560. The average Bonchev–Trinajstić information content (AvgIpc) is 2.54. The summed E-state index contributed by atoms with van der Waals surface area (Å²) < 4.78 is 4.95. The van der Waals surface area contributed by atoms with Crippen LogP contribution in [0.2, 0.25) is 0 Å². The van der Waals surface area contributed by atoms with Gasteiger partial charge in [-0.25, -0.2) is 4.79 Å². The molecule has 7 heteroatoms. The molecule has 132 valence electrons. The predicted molar refractivity (Wildman–Crippen MR) is 90.3 cm³/mol. The number of nitrogens with zero attached hydrogens (tertiary/aromatic N) is 1. The lowest BCUT2D eigenvalue weighted by Crippen LogP contribution is -2.49. The van der Waals surface area contributed by atoms with E-state index in [0.29, 0.717) is 0 Å². The van der Waals surface area contributed by atoms with Crippen molar-refractivity contribution in [2.45, 2.75) is 32.4 Å². The lowest BCUT2D eigenvalue weighted by molar-refractivity contribution is -0.143. The van der Waals surface area contributed by atoms with E-state index in [0.717, 1.165) is 5.56 Å². The minimum Gasteiger partial charge on any atom is -0.466 e. The van der Waals surface area contributed by atoms with Crippen LogP contribution in [0.25, 0.3) is 0 Å². The molecule has 0 saturated heterocycles. The molecule has 24 heavy (non-hydrogen) atoms. The minimum absolute atomic E-state index is 0.0152. The summed E-state index contributed by atoms with van der Waals surface area (Å²) in [5.74, 6) is -0.615. The van der Waals surface area contributed by atoms with Crippen LogP contribution in [0.3, 0.4) is 0 Å². The first-order chi connectivity index (χ1) is 11.3. The summed E-state index contributed by atoms with van der Waals surface area (Å²) in [6.45, 7) is 3.61. The van der Waals surface area contributed by atoms with E-state index < -0.39 is 24.1 Å². The minimum atomic E-state index is -0.668. The molecule has 0 heterocycles. The Morgan fingerprint density at radius 1 is 1.12 bits per heavy atom. The van der Waals surface area contributed by atoms with Gasteiger partial charge in [0.15, 0.2) is 0 Å². The Morgan fingerprint density at radius 3 is 2.29 bits per heavy atom. The SMILES string of the molecule is CCOC(=O)CC(NC(=O)NC(C)C(=O)N(C)C)c1ccccc1. The van der Waals surface area contributed by atoms with Gasteiger partial charge in [-0.2, -0.15) is 0 Å². The molecular formula is C17H25N3O4. The van der Waals surface area contributed by atoms with Crippen LogP contribution < -0.4 is 10.6 Å². The first-order valence-electron chi connectivity index (χ1n) is 7.83. The summed E-state index contributed by atoms with van der Waals surface area (Å²) in [5, 5.41) is 5.30. The molecule has 0 aliphatic rings. The summed E-state index contributed by atoms with van der Waals surface area (Å²) in [7, 11) is 3.23. The van der Waals surface area contributed by atoms with E-state index in [-0.39, 0.29) is 18.9 Å². The van der Waals surface area contributed by atoms with Crippen molar-refractivity contribution in [1.29, 1.82) is 0 Å². The van der Waals surface area contributed by atoms with Gasteiger partial charge in [-0.05, 0) is 19.4 Å². The van der Waals surface area contributed by atoms with E-state index in [1.807, 2.05) is 30.3 Å². The van der Waals surface area contributed by atoms with Gasteiger partial charge in [0.2, 0.25) is 5.91 Å². The van der Waals surface area contributed by atoms with Crippen molar-refractivity contribution >= 4 is 17.9 Å². The maximum Gasteiger partial charge on any atom is 0.315 e. The number of rotatable bonds is 7. The van der Waals surface area contributed by atoms with Crippen molar-refractivity contribution in [2.75, 3.05) is 20.7 Å². The molecule has 0 bridgehead atoms. The average molecular weight is 335 g/mol. The highest BCUT2D eigenvalue weighted by molar-refractivity contribution is 5.86. The molecule has 2 unspecified atom stereocenters. The summed E-state index contributed by atoms with van der Waals surface area (Å²) in [5.41, 5.74) is 0.785. The number of amides is 3. The molecule has 0 radical (unpaired) electrons. The van der Waals surface area contributed by atoms with Crippen molar-refractivity contribution in [2.24, 2.45) is 0 Å². The second-order valence-corrected chi connectivity index (χ2v) is 5.54. The Kier molecular flexibility index (Phi) is 7.74. The van der Waals surface area contributed by atoms with E-state index in [1.54, 1.807) is 27.9 Å². The molecule has 1 aromatic rings. The van der Waals surface area contributed by atoms with E-state index in [4.69, 9.17) is 4.74 Å². The van der Waals surface area contributed by atoms with Crippen LogP contribution in [0.5, 0.6) is 0 Å². The summed E-state index contributed by atoms with van der Waals surface area (Å²) in [6, 6.07) is 7.41. The Morgan fingerprint density at radius 2 is 1.75 bits per heavy atom. The fourth-order valence-electron chi connectivity index (χ4n) is 2.17. The Balaban J connectivity index is 2.75. The van der Waals surface area contributed by atoms with Gasteiger partial charge in [0.1, 0.15) is 6.04 Å². The molecule has 3 amide bonds. The molecule has 1 aromatic carbocycles. The highest BCUT2D eigenvalue weighted by Crippen LogP contribution is 2.17. The normalized spacial score (nSPS) is 12.7. The van der Waals surface area contributed by atoms with Crippen LogP contribution in [0.15, 0.2) is 30.3 Å². The molecule has 2 atom stereocenters. The predicted octanol–water partition coefficient (Wildman–Crippen LogP) is 1.46. The van der Waals surface area contributed by atoms with Crippen LogP contribution in [0.4, 0.5) is 4.79 Å². The molecule has 0 saturated carbocycles. The fourth-order valence-corrected chi connectivity index (χ4v) is 2.17. The molecule has 0 aliphatic carbocycles. The molecule has 2 N–H and O–H groups in total. The van der Waals surface area contributed by atoms with Crippen LogP contribution in [-0.2, 0) is 14.3 Å². The topological polar surface area (TPSA) is 87.7 Å². The number of benzene rings is 1. The van der Waals surface area contributed by atoms with Gasteiger partial charge < -0.3 is 20.3 Å². The number of hydrogen-bond donors (Lipinski definition) is 2. The highest BCUT2D eigenvalue weighted by atomic mass is 16.5. The third kappa shape index (κ3) is 6.28. The zero-order valence-corrected chi connectivity index (χ0v) is 14.5. The van der Waals surface area contributed by atoms with Gasteiger partial charge >= 0.3 is 12.0 Å². The molecule has 7 nitrogen and oxygen atoms in total. The first kappa shape index (κ1) is 19.5. The second-order valence-electron chi connectivity index (χ2n) is 5.54. The number of urea groups is 1. The molecule has 0 fully saturated rings. The van der Waals surface area contributed by atoms with E-state index >= 15 is 0 Å². The van der Waals surface area contributed by atoms with Gasteiger partial charge in [0, 0.05) is 14.1 Å². The van der Waals surface area contributed by atoms with E-state index in [2.05, 4.69) is 10.6 Å². The lowest BCUT2D eigenvalue weighted by atomic mass is 10.0. The lowest BCUT2D eigenvalue weighted by Gasteiger charge is -2.22. The van der Waals surface area contributed by atoms with Crippen LogP contribution in [0, 0.1) is 0 Å². The van der Waals surface area contributed by atoms with Crippen molar-refractivity contribution in [3.05, 3.63) is 35.9 Å². The number of likely N-dealkylation sites (N-methyl/N-ethyl adjacent to an activating group) is 1. The molecule has 0 aromatic heterocycles. The molecule has 0 spiro atoms. The summed E-state index contributed by atoms with van der Waals surface area (Å²) in [6.07, 6.45) is 0.0152. The smallest absolute Gasteiger partial charge is 0.315 e. The van der Waals surface area contributed by atoms with Crippen LogP contribution in [0.1, 0.15) is 31.9 Å². The number of esters is 1. The maximum atomic E-state index is 12.2. The maximum absolute atomic E-state index is 12.2. The second kappa shape index (κ2) is 9.54. The van der Waals surface area contributed by atoms with Gasteiger partial charge in [0.05, 0.1) is 19.1 Å². The van der Waals surface area contributed by atoms with E-state index in [9.17, 15) is 14.4 Å². The molecule has 1 rings (SSSR count). The third-order valence-corrected chi connectivity index (χ3v) is 3.34. The van der Waals surface area contributed by atoms with Crippen LogP contribution in [-0.4, -0.2) is 49.6 Å². The zero-order valence-electron chi connectivity index (χ0n) is 14.5. The number of nitrogens with one attached hydrogen (secondary N) is 2. The number of ether oxygens (including phenoxy) is 1. The molecule has 0 aliphatic heterocycles. The van der Waals surface area contributed by atoms with Crippen LogP contribution >= 0.6 is 0 Å². The number of hydrogen-bond acceptors (Lipinski definition) is 4. The zero-order chi connectivity index (χ0) is 18.1. The van der Waals surface area contributed by atoms with Gasteiger partial charge in [-0.15, -0.1) is 0 Å². The third-order valence-electron chi connectivity index (χ3n) is 3.34. The summed E-state index contributed by atoms with van der Waals surface area (Å²) >= 11 is 0. The number of carbonyl (C=O) groups excluding carboxylic acids is 3. The van der Waals surface area contributed by atoms with Crippen molar-refractivity contribution in [3.63, 3.8) is 0 Å². The van der Waals surface area contributed by atoms with Gasteiger partial charge in [-0.3, -0.25) is 9.59 Å². The van der Waals surface area contributed by atoms with E-state index in [1.165, 1.54) is 4.90 Å².